The third-order valence-electron chi connectivity index (χ3n) is 5.65. The smallest absolute Gasteiger partial charge is 0.254 e. The first kappa shape index (κ1) is 26.8. The van der Waals surface area contributed by atoms with Crippen LogP contribution in [0.15, 0.2) is 60.7 Å². The Morgan fingerprint density at radius 3 is 2.14 bits per heavy atom. The molecule has 1 unspecified atom stereocenters. The molecule has 0 saturated carbocycles. The van der Waals surface area contributed by atoms with Gasteiger partial charge in [0.05, 0.1) is 51.4 Å². The molecule has 36 heavy (non-hydrogen) atoms. The van der Waals surface area contributed by atoms with Gasteiger partial charge in [-0.25, -0.2) is 12.8 Å². The van der Waals surface area contributed by atoms with Gasteiger partial charge in [0.25, 0.3) is 5.91 Å². The highest BCUT2D eigenvalue weighted by molar-refractivity contribution is 7.92. The minimum atomic E-state index is -3.95. The van der Waals surface area contributed by atoms with Crippen molar-refractivity contribution >= 4 is 21.6 Å². The summed E-state index contributed by atoms with van der Waals surface area (Å²) in [5.74, 6) is 0.0240. The summed E-state index contributed by atoms with van der Waals surface area (Å²) in [6.07, 6.45) is 0.992. The Morgan fingerprint density at radius 1 is 0.972 bits per heavy atom. The number of hydrogen-bond acceptors (Lipinski definition) is 6. The molecule has 1 N–H and O–H groups in total. The molecule has 0 bridgehead atoms. The van der Waals surface area contributed by atoms with Gasteiger partial charge in [-0.15, -0.1) is 0 Å². The normalized spacial score (nSPS) is 11.9. The third-order valence-corrected chi connectivity index (χ3v) is 6.78. The quantitative estimate of drug-likeness (QED) is 0.432. The second kappa shape index (κ2) is 11.3. The Bertz CT molecular complexity index is 1330. The third kappa shape index (κ3) is 6.06. The molecule has 0 aliphatic carbocycles. The molecule has 192 valence electrons. The van der Waals surface area contributed by atoms with E-state index in [1.54, 1.807) is 32.2 Å². The summed E-state index contributed by atoms with van der Waals surface area (Å²) in [5.41, 5.74) is 1.01. The van der Waals surface area contributed by atoms with Crippen molar-refractivity contribution in [1.29, 1.82) is 0 Å². The first-order valence-corrected chi connectivity index (χ1v) is 12.9. The molecule has 0 aliphatic rings. The summed E-state index contributed by atoms with van der Waals surface area (Å²) >= 11 is 0. The van der Waals surface area contributed by atoms with E-state index in [0.717, 1.165) is 16.1 Å². The molecule has 0 saturated heterocycles. The second-order valence-corrected chi connectivity index (χ2v) is 9.96. The van der Waals surface area contributed by atoms with E-state index in [-0.39, 0.29) is 34.9 Å². The molecule has 3 aromatic rings. The van der Waals surface area contributed by atoms with E-state index >= 15 is 0 Å². The summed E-state index contributed by atoms with van der Waals surface area (Å²) in [6, 6.07) is 15.4. The maximum Gasteiger partial charge on any atom is 0.254 e. The number of amides is 1. The SMILES string of the molecule is COc1ccc(C(C)NC(=O)c2cc(OC)c(OC)cc2N(Cc2ccccc2F)S(C)(=O)=O)cc1. The number of ether oxygens (including phenoxy) is 3. The van der Waals surface area contributed by atoms with Crippen molar-refractivity contribution in [2.75, 3.05) is 31.9 Å². The number of methoxy groups -OCH3 is 3. The van der Waals surface area contributed by atoms with Gasteiger partial charge in [0.15, 0.2) is 11.5 Å². The average Bonchev–Trinajstić information content (AvgIpc) is 2.86. The molecule has 1 atom stereocenters. The van der Waals surface area contributed by atoms with Crippen LogP contribution in [0.25, 0.3) is 0 Å². The van der Waals surface area contributed by atoms with Crippen molar-refractivity contribution in [2.45, 2.75) is 19.5 Å². The van der Waals surface area contributed by atoms with Crippen LogP contribution >= 0.6 is 0 Å². The predicted molar refractivity (Wildman–Crippen MR) is 136 cm³/mol. The van der Waals surface area contributed by atoms with Gasteiger partial charge in [0, 0.05) is 11.6 Å². The monoisotopic (exact) mass is 516 g/mol. The zero-order chi connectivity index (χ0) is 26.5. The summed E-state index contributed by atoms with van der Waals surface area (Å²) in [6.45, 7) is 1.48. The van der Waals surface area contributed by atoms with Gasteiger partial charge in [-0.1, -0.05) is 30.3 Å². The minimum absolute atomic E-state index is 0.0229. The Hall–Kier alpha value is -3.79. The number of benzene rings is 3. The molecule has 3 rings (SSSR count). The van der Waals surface area contributed by atoms with E-state index in [1.165, 1.54) is 44.6 Å². The van der Waals surface area contributed by atoms with Crippen LogP contribution in [0.5, 0.6) is 17.2 Å². The maximum atomic E-state index is 14.4. The Morgan fingerprint density at radius 2 is 1.58 bits per heavy atom. The van der Waals surface area contributed by atoms with E-state index in [0.29, 0.717) is 5.75 Å². The topological polar surface area (TPSA) is 94.2 Å². The molecule has 8 nitrogen and oxygen atoms in total. The van der Waals surface area contributed by atoms with Gasteiger partial charge in [-0.3, -0.25) is 9.10 Å². The number of halogens is 1. The number of rotatable bonds is 10. The molecule has 3 aromatic carbocycles. The number of hydrogen-bond donors (Lipinski definition) is 1. The summed E-state index contributed by atoms with van der Waals surface area (Å²) < 4.78 is 57.0. The molecule has 0 aromatic heterocycles. The van der Waals surface area contributed by atoms with Gasteiger partial charge < -0.3 is 19.5 Å². The number of carbonyl (C=O) groups excluding carboxylic acids is 1. The highest BCUT2D eigenvalue weighted by Crippen LogP contribution is 2.37. The van der Waals surface area contributed by atoms with Crippen LogP contribution in [0, 0.1) is 5.82 Å². The van der Waals surface area contributed by atoms with Crippen LogP contribution in [0.3, 0.4) is 0 Å². The van der Waals surface area contributed by atoms with Crippen LogP contribution in [0.2, 0.25) is 0 Å². The van der Waals surface area contributed by atoms with E-state index in [4.69, 9.17) is 14.2 Å². The highest BCUT2D eigenvalue weighted by atomic mass is 32.2. The maximum absolute atomic E-state index is 14.4. The summed E-state index contributed by atoms with van der Waals surface area (Å²) in [5, 5.41) is 2.89. The first-order valence-electron chi connectivity index (χ1n) is 11.0. The van der Waals surface area contributed by atoms with Crippen molar-refractivity contribution in [3.05, 3.63) is 83.2 Å². The fourth-order valence-electron chi connectivity index (χ4n) is 3.67. The lowest BCUT2D eigenvalue weighted by Crippen LogP contribution is -2.33. The van der Waals surface area contributed by atoms with Crippen LogP contribution in [-0.4, -0.2) is 41.9 Å². The van der Waals surface area contributed by atoms with Crippen LogP contribution in [-0.2, 0) is 16.6 Å². The van der Waals surface area contributed by atoms with Gasteiger partial charge in [-0.05, 0) is 36.8 Å². The average molecular weight is 517 g/mol. The van der Waals surface area contributed by atoms with Gasteiger partial charge >= 0.3 is 0 Å². The largest absolute Gasteiger partial charge is 0.497 e. The van der Waals surface area contributed by atoms with Gasteiger partial charge in [-0.2, -0.15) is 0 Å². The van der Waals surface area contributed by atoms with Crippen molar-refractivity contribution in [3.8, 4) is 17.2 Å². The van der Waals surface area contributed by atoms with Crippen LogP contribution in [0.4, 0.5) is 10.1 Å². The second-order valence-electron chi connectivity index (χ2n) is 8.05. The van der Waals surface area contributed by atoms with E-state index in [2.05, 4.69) is 5.32 Å². The fourth-order valence-corrected chi connectivity index (χ4v) is 4.55. The van der Waals surface area contributed by atoms with Gasteiger partial charge in [0.2, 0.25) is 10.0 Å². The van der Waals surface area contributed by atoms with Crippen molar-refractivity contribution < 1.29 is 31.8 Å². The number of anilines is 1. The lowest BCUT2D eigenvalue weighted by atomic mass is 10.1. The lowest BCUT2D eigenvalue weighted by Gasteiger charge is -2.26. The summed E-state index contributed by atoms with van der Waals surface area (Å²) in [7, 11) is 0.425. The number of sulfonamides is 1. The number of nitrogens with zero attached hydrogens (tertiary/aromatic N) is 1. The Labute approximate surface area is 210 Å². The Balaban J connectivity index is 2.07. The van der Waals surface area contributed by atoms with Crippen LogP contribution in [0.1, 0.15) is 34.5 Å². The predicted octanol–water partition coefficient (Wildman–Crippen LogP) is 4.31. The fraction of sp³-hybridized carbons (Fsp3) is 0.269. The van der Waals surface area contributed by atoms with Crippen molar-refractivity contribution in [1.82, 2.24) is 5.32 Å². The van der Waals surface area contributed by atoms with Crippen molar-refractivity contribution in [2.24, 2.45) is 0 Å². The number of nitrogens with one attached hydrogen (secondary N) is 1. The zero-order valence-corrected chi connectivity index (χ0v) is 21.6. The van der Waals surface area contributed by atoms with E-state index in [1.807, 2.05) is 12.1 Å². The zero-order valence-electron chi connectivity index (χ0n) is 20.7. The van der Waals surface area contributed by atoms with Crippen LogP contribution < -0.4 is 23.8 Å². The molecule has 1 amide bonds. The summed E-state index contributed by atoms with van der Waals surface area (Å²) in [4.78, 5) is 13.5. The molecule has 0 radical (unpaired) electrons. The Kier molecular flexibility index (Phi) is 8.41. The molecule has 0 fully saturated rings. The standard InChI is InChI=1S/C26H29FN2O6S/c1-17(18-10-12-20(33-2)13-11-18)28-26(30)21-14-24(34-3)25(35-4)15-23(21)29(36(5,31)32)16-19-8-6-7-9-22(19)27/h6-15,17H,16H2,1-5H3,(H,28,30). The molecular weight excluding hydrogens is 487 g/mol. The molecular formula is C26H29FN2O6S. The molecule has 0 spiro atoms. The van der Waals surface area contributed by atoms with E-state index < -0.39 is 27.8 Å². The van der Waals surface area contributed by atoms with Crippen molar-refractivity contribution in [3.63, 3.8) is 0 Å². The first-order chi connectivity index (χ1) is 17.1. The number of carbonyl (C=O) groups is 1. The molecule has 0 aliphatic heterocycles. The molecule has 10 heteroatoms. The van der Waals surface area contributed by atoms with E-state index in [9.17, 15) is 17.6 Å². The highest BCUT2D eigenvalue weighted by Gasteiger charge is 2.28. The van der Waals surface area contributed by atoms with Gasteiger partial charge in [0.1, 0.15) is 11.6 Å². The molecule has 0 heterocycles. The minimum Gasteiger partial charge on any atom is -0.497 e. The lowest BCUT2D eigenvalue weighted by molar-refractivity contribution is 0.0940.